The molecule has 6 aromatic carbocycles. The average Bonchev–Trinajstić information content (AvgIpc) is 3.23. The largest absolute Gasteiger partial charge is 0.309 e. The highest BCUT2D eigenvalue weighted by Crippen LogP contribution is 2.43. The third kappa shape index (κ3) is 2.66. The minimum atomic E-state index is 1.18. The number of aromatic nitrogens is 1. The maximum Gasteiger partial charge on any atom is 0.0619 e. The molecule has 0 fully saturated rings. The summed E-state index contributed by atoms with van der Waals surface area (Å²) in [6.07, 6.45) is 0. The van der Waals surface area contributed by atoms with Crippen LogP contribution < -0.4 is 0 Å². The second-order valence-electron chi connectivity index (χ2n) is 8.58. The lowest BCUT2D eigenvalue weighted by Crippen LogP contribution is -1.96. The van der Waals surface area contributed by atoms with Crippen LogP contribution in [0.15, 0.2) is 127 Å². The lowest BCUT2D eigenvalue weighted by Gasteiger charge is -2.16. The van der Waals surface area contributed by atoms with Crippen LogP contribution in [0.2, 0.25) is 0 Å². The van der Waals surface area contributed by atoms with E-state index in [0.29, 0.717) is 0 Å². The zero-order valence-corrected chi connectivity index (χ0v) is 18.1. The second kappa shape index (κ2) is 7.08. The highest BCUT2D eigenvalue weighted by molar-refractivity contribution is 6.20. The number of rotatable bonds is 2. The quantitative estimate of drug-likeness (QED) is 0.247. The van der Waals surface area contributed by atoms with Crippen molar-refractivity contribution in [2.24, 2.45) is 0 Å². The van der Waals surface area contributed by atoms with Crippen LogP contribution >= 0.6 is 0 Å². The molecule has 0 bridgehead atoms. The zero-order valence-electron chi connectivity index (χ0n) is 18.1. The minimum Gasteiger partial charge on any atom is -0.309 e. The van der Waals surface area contributed by atoms with Crippen LogP contribution in [0, 0.1) is 0 Å². The summed E-state index contributed by atoms with van der Waals surface area (Å²) < 4.78 is 2.43. The van der Waals surface area contributed by atoms with Gasteiger partial charge in [-0.15, -0.1) is 0 Å². The van der Waals surface area contributed by atoms with E-state index in [1.54, 1.807) is 0 Å². The monoisotopic (exact) mass is 419 g/mol. The van der Waals surface area contributed by atoms with Gasteiger partial charge in [-0.3, -0.25) is 0 Å². The molecule has 7 rings (SSSR count). The molecule has 0 radical (unpaired) electrons. The van der Waals surface area contributed by atoms with Crippen LogP contribution in [0.4, 0.5) is 0 Å². The summed E-state index contributed by atoms with van der Waals surface area (Å²) in [5.74, 6) is 0. The molecule has 0 saturated heterocycles. The Bertz CT molecular complexity index is 1750. The standard InChI is InChI=1S/C32H21N/c1-2-13-24(14-3-1)33-30-20-9-8-17-27(30)28-18-10-19-29(32(28)33)31-25-15-6-4-11-22(25)21-23-12-5-7-16-26(23)31/h1-21H. The van der Waals surface area contributed by atoms with Crippen LogP contribution in [0.1, 0.15) is 0 Å². The summed E-state index contributed by atoms with van der Waals surface area (Å²) in [4.78, 5) is 0. The van der Waals surface area contributed by atoms with Gasteiger partial charge < -0.3 is 4.57 Å². The molecule has 154 valence electrons. The molecule has 1 heterocycles. The number of hydrogen-bond acceptors (Lipinski definition) is 0. The number of benzene rings is 6. The van der Waals surface area contributed by atoms with E-state index in [4.69, 9.17) is 0 Å². The Labute approximate surface area is 192 Å². The predicted molar refractivity (Wildman–Crippen MR) is 141 cm³/mol. The van der Waals surface area contributed by atoms with Crippen molar-refractivity contribution < 1.29 is 0 Å². The molecule has 1 nitrogen and oxygen atoms in total. The van der Waals surface area contributed by atoms with E-state index in [0.717, 1.165) is 0 Å². The van der Waals surface area contributed by atoms with Gasteiger partial charge in [0.15, 0.2) is 0 Å². The van der Waals surface area contributed by atoms with Gasteiger partial charge >= 0.3 is 0 Å². The molecule has 1 aromatic heterocycles. The molecule has 0 aliphatic carbocycles. The lowest BCUT2D eigenvalue weighted by atomic mass is 9.91. The molecule has 0 unspecified atom stereocenters. The van der Waals surface area contributed by atoms with Gasteiger partial charge in [0.2, 0.25) is 0 Å². The first-order valence-corrected chi connectivity index (χ1v) is 11.4. The highest BCUT2D eigenvalue weighted by atomic mass is 15.0. The van der Waals surface area contributed by atoms with Crippen LogP contribution in [-0.4, -0.2) is 4.57 Å². The summed E-state index contributed by atoms with van der Waals surface area (Å²) in [5.41, 5.74) is 6.23. The summed E-state index contributed by atoms with van der Waals surface area (Å²) in [5, 5.41) is 7.67. The summed E-state index contributed by atoms with van der Waals surface area (Å²) in [7, 11) is 0. The second-order valence-corrected chi connectivity index (χ2v) is 8.58. The highest BCUT2D eigenvalue weighted by Gasteiger charge is 2.18. The van der Waals surface area contributed by atoms with Gasteiger partial charge in [-0.1, -0.05) is 103 Å². The Morgan fingerprint density at radius 1 is 0.424 bits per heavy atom. The van der Waals surface area contributed by atoms with Gasteiger partial charge in [0.25, 0.3) is 0 Å². The van der Waals surface area contributed by atoms with E-state index in [-0.39, 0.29) is 0 Å². The van der Waals surface area contributed by atoms with Gasteiger partial charge in [0.05, 0.1) is 11.0 Å². The van der Waals surface area contributed by atoms with Gasteiger partial charge in [0, 0.05) is 22.0 Å². The molecule has 0 atom stereocenters. The fraction of sp³-hybridized carbons (Fsp3) is 0. The third-order valence-electron chi connectivity index (χ3n) is 6.75. The van der Waals surface area contributed by atoms with Crippen molar-refractivity contribution in [3.8, 4) is 16.8 Å². The molecule has 0 N–H and O–H groups in total. The van der Waals surface area contributed by atoms with Crippen molar-refractivity contribution >= 4 is 43.4 Å². The van der Waals surface area contributed by atoms with E-state index in [9.17, 15) is 0 Å². The van der Waals surface area contributed by atoms with E-state index >= 15 is 0 Å². The molecule has 0 aliphatic heterocycles. The van der Waals surface area contributed by atoms with Crippen molar-refractivity contribution in [2.45, 2.75) is 0 Å². The molecular formula is C32H21N. The third-order valence-corrected chi connectivity index (χ3v) is 6.75. The Morgan fingerprint density at radius 3 is 1.73 bits per heavy atom. The fourth-order valence-corrected chi connectivity index (χ4v) is 5.37. The molecular weight excluding hydrogens is 398 g/mol. The number of hydrogen-bond donors (Lipinski definition) is 0. The first-order chi connectivity index (χ1) is 16.4. The first kappa shape index (κ1) is 18.2. The SMILES string of the molecule is c1ccc(-n2c3ccccc3c3cccc(-c4c5ccccc5cc5ccccc45)c32)cc1. The molecule has 0 amide bonds. The van der Waals surface area contributed by atoms with Gasteiger partial charge in [-0.2, -0.15) is 0 Å². The Hall–Kier alpha value is -4.36. The lowest BCUT2D eigenvalue weighted by molar-refractivity contribution is 1.18. The minimum absolute atomic E-state index is 1.18. The maximum absolute atomic E-state index is 2.43. The van der Waals surface area contributed by atoms with E-state index < -0.39 is 0 Å². The molecule has 33 heavy (non-hydrogen) atoms. The Morgan fingerprint density at radius 2 is 1.00 bits per heavy atom. The van der Waals surface area contributed by atoms with Gasteiger partial charge in [-0.25, -0.2) is 0 Å². The van der Waals surface area contributed by atoms with Crippen molar-refractivity contribution in [3.63, 3.8) is 0 Å². The van der Waals surface area contributed by atoms with Crippen molar-refractivity contribution in [2.75, 3.05) is 0 Å². The Kier molecular flexibility index (Phi) is 3.91. The van der Waals surface area contributed by atoms with Gasteiger partial charge in [-0.05, 0) is 51.4 Å². The van der Waals surface area contributed by atoms with E-state index in [2.05, 4.69) is 132 Å². The number of para-hydroxylation sites is 3. The van der Waals surface area contributed by atoms with Crippen LogP contribution in [0.25, 0.3) is 60.2 Å². The van der Waals surface area contributed by atoms with Crippen LogP contribution in [0.3, 0.4) is 0 Å². The van der Waals surface area contributed by atoms with E-state index in [1.165, 1.54) is 60.2 Å². The first-order valence-electron chi connectivity index (χ1n) is 11.4. The molecule has 1 heteroatoms. The summed E-state index contributed by atoms with van der Waals surface area (Å²) >= 11 is 0. The average molecular weight is 420 g/mol. The molecule has 7 aromatic rings. The normalized spacial score (nSPS) is 11.6. The molecule has 0 aliphatic rings. The fourth-order valence-electron chi connectivity index (χ4n) is 5.37. The number of nitrogens with zero attached hydrogens (tertiary/aromatic N) is 1. The maximum atomic E-state index is 2.43. The van der Waals surface area contributed by atoms with Gasteiger partial charge in [0.1, 0.15) is 0 Å². The van der Waals surface area contributed by atoms with Crippen LogP contribution in [-0.2, 0) is 0 Å². The zero-order chi connectivity index (χ0) is 21.8. The smallest absolute Gasteiger partial charge is 0.0619 e. The van der Waals surface area contributed by atoms with E-state index in [1.807, 2.05) is 0 Å². The molecule has 0 spiro atoms. The van der Waals surface area contributed by atoms with Crippen molar-refractivity contribution in [1.82, 2.24) is 4.57 Å². The predicted octanol–water partition coefficient (Wildman–Crippen LogP) is 8.76. The number of fused-ring (bicyclic) bond motifs is 5. The topological polar surface area (TPSA) is 4.93 Å². The van der Waals surface area contributed by atoms with Crippen LogP contribution in [0.5, 0.6) is 0 Å². The Balaban J connectivity index is 1.74. The van der Waals surface area contributed by atoms with Crippen molar-refractivity contribution in [3.05, 3.63) is 127 Å². The van der Waals surface area contributed by atoms with Crippen molar-refractivity contribution in [1.29, 1.82) is 0 Å². The summed E-state index contributed by atoms with van der Waals surface area (Å²) in [6, 6.07) is 46.0. The summed E-state index contributed by atoms with van der Waals surface area (Å²) in [6.45, 7) is 0. The molecule has 0 saturated carbocycles.